The van der Waals surface area contributed by atoms with Crippen LogP contribution in [0.4, 0.5) is 0 Å². The van der Waals surface area contributed by atoms with Crippen LogP contribution in [0.1, 0.15) is 6.42 Å². The fourth-order valence-electron chi connectivity index (χ4n) is 0.950. The highest BCUT2D eigenvalue weighted by Crippen LogP contribution is 1.96. The average Bonchev–Trinajstić information content (AvgIpc) is 2.11. The predicted octanol–water partition coefficient (Wildman–Crippen LogP) is -0.695. The molecule has 2 atom stereocenters. The summed E-state index contributed by atoms with van der Waals surface area (Å²) in [5, 5.41) is 6.13. The maximum Gasteiger partial charge on any atom is 0.163 e. The third-order valence-electron chi connectivity index (χ3n) is 1.67. The van der Waals surface area contributed by atoms with Crippen LogP contribution in [-0.2, 0) is 4.79 Å². The fourth-order valence-corrected chi connectivity index (χ4v) is 1.34. The standard InChI is InChI=1S/C7H18N3OP/c1-9-6(7(11)5-8)3-4-10-12-2/h6,9-10,12H,3-5,8H2,1-2H3. The van der Waals surface area contributed by atoms with Crippen LogP contribution < -0.4 is 16.1 Å². The van der Waals surface area contributed by atoms with Crippen molar-refractivity contribution in [2.75, 3.05) is 26.8 Å². The predicted molar refractivity (Wildman–Crippen MR) is 53.8 cm³/mol. The van der Waals surface area contributed by atoms with Crippen LogP contribution in [0.2, 0.25) is 0 Å². The summed E-state index contributed by atoms with van der Waals surface area (Å²) in [5.41, 5.74) is 5.24. The lowest BCUT2D eigenvalue weighted by Crippen LogP contribution is -2.39. The molecule has 0 bridgehead atoms. The Morgan fingerprint density at radius 3 is 2.75 bits per heavy atom. The van der Waals surface area contributed by atoms with Crippen molar-refractivity contribution in [3.05, 3.63) is 0 Å². The van der Waals surface area contributed by atoms with Crippen molar-refractivity contribution in [3.8, 4) is 0 Å². The molecule has 0 aromatic carbocycles. The van der Waals surface area contributed by atoms with Crippen LogP contribution in [0.3, 0.4) is 0 Å². The first kappa shape index (κ1) is 12.0. The van der Waals surface area contributed by atoms with Crippen molar-refractivity contribution in [1.29, 1.82) is 0 Å². The Morgan fingerprint density at radius 2 is 2.33 bits per heavy atom. The highest BCUT2D eigenvalue weighted by atomic mass is 31.1. The van der Waals surface area contributed by atoms with Crippen LogP contribution in [0.25, 0.3) is 0 Å². The molecule has 72 valence electrons. The van der Waals surface area contributed by atoms with Crippen molar-refractivity contribution >= 4 is 14.5 Å². The molecule has 12 heavy (non-hydrogen) atoms. The van der Waals surface area contributed by atoms with E-state index in [4.69, 9.17) is 5.73 Å². The minimum atomic E-state index is -0.0844. The summed E-state index contributed by atoms with van der Waals surface area (Å²) in [6.07, 6.45) is 0.813. The minimum absolute atomic E-state index is 0.0822. The average molecular weight is 191 g/mol. The van der Waals surface area contributed by atoms with Gasteiger partial charge in [-0.15, -0.1) is 0 Å². The van der Waals surface area contributed by atoms with Crippen molar-refractivity contribution in [3.63, 3.8) is 0 Å². The summed E-state index contributed by atoms with van der Waals surface area (Å²) in [5.74, 6) is 0.0822. The molecule has 0 aromatic rings. The second-order valence-electron chi connectivity index (χ2n) is 2.48. The van der Waals surface area contributed by atoms with Crippen LogP contribution in [0, 0.1) is 0 Å². The lowest BCUT2D eigenvalue weighted by atomic mass is 10.1. The Kier molecular flexibility index (Phi) is 7.61. The third kappa shape index (κ3) is 4.78. The third-order valence-corrected chi connectivity index (χ3v) is 2.28. The SMILES string of the molecule is CNC(CCNPC)C(=O)CN. The summed E-state index contributed by atoms with van der Waals surface area (Å²) in [7, 11) is 2.52. The van der Waals surface area contributed by atoms with Gasteiger partial charge < -0.3 is 11.1 Å². The van der Waals surface area contributed by atoms with Crippen LogP contribution in [0.5, 0.6) is 0 Å². The molecule has 4 nitrogen and oxygen atoms in total. The second kappa shape index (κ2) is 7.62. The first-order valence-electron chi connectivity index (χ1n) is 4.06. The van der Waals surface area contributed by atoms with E-state index in [9.17, 15) is 4.79 Å². The molecule has 0 aliphatic rings. The molecule has 0 saturated carbocycles. The number of hydrogen-bond acceptors (Lipinski definition) is 4. The summed E-state index contributed by atoms with van der Waals surface area (Å²) < 4.78 is 0. The van der Waals surface area contributed by atoms with Gasteiger partial charge in [0.25, 0.3) is 0 Å². The molecule has 0 aliphatic heterocycles. The zero-order valence-corrected chi connectivity index (χ0v) is 8.68. The van der Waals surface area contributed by atoms with Crippen molar-refractivity contribution in [2.24, 2.45) is 5.73 Å². The van der Waals surface area contributed by atoms with Gasteiger partial charge in [0.1, 0.15) is 0 Å². The van der Waals surface area contributed by atoms with E-state index in [0.29, 0.717) is 0 Å². The second-order valence-corrected chi connectivity index (χ2v) is 3.33. The van der Waals surface area contributed by atoms with Crippen LogP contribution >= 0.6 is 8.73 Å². The van der Waals surface area contributed by atoms with Gasteiger partial charge in [-0.05, 0) is 20.1 Å². The topological polar surface area (TPSA) is 67.1 Å². The zero-order chi connectivity index (χ0) is 9.40. The molecular weight excluding hydrogens is 173 g/mol. The molecule has 4 N–H and O–H groups in total. The van der Waals surface area contributed by atoms with E-state index in [1.807, 2.05) is 0 Å². The largest absolute Gasteiger partial charge is 0.324 e. The molecule has 0 rings (SSSR count). The van der Waals surface area contributed by atoms with E-state index in [2.05, 4.69) is 17.1 Å². The number of Topliss-reactive ketones (excluding diaryl/α,β-unsaturated/α-hetero) is 1. The highest BCUT2D eigenvalue weighted by molar-refractivity contribution is 7.34. The maximum atomic E-state index is 11.1. The Balaban J connectivity index is 3.60. The Labute approximate surface area is 75.5 Å². The molecule has 0 saturated heterocycles. The quantitative estimate of drug-likeness (QED) is 0.368. The van der Waals surface area contributed by atoms with Gasteiger partial charge >= 0.3 is 0 Å². The molecule has 0 amide bonds. The van der Waals surface area contributed by atoms with Gasteiger partial charge in [-0.2, -0.15) is 0 Å². The Hall–Kier alpha value is -0.0200. The van der Waals surface area contributed by atoms with Gasteiger partial charge in [0.15, 0.2) is 5.78 Å². The van der Waals surface area contributed by atoms with Crippen molar-refractivity contribution in [2.45, 2.75) is 12.5 Å². The number of nitrogens with one attached hydrogen (secondary N) is 2. The highest BCUT2D eigenvalue weighted by Gasteiger charge is 2.12. The van der Waals surface area contributed by atoms with Crippen LogP contribution in [0.15, 0.2) is 0 Å². The van der Waals surface area contributed by atoms with E-state index in [1.165, 1.54) is 0 Å². The number of hydrogen-bond donors (Lipinski definition) is 3. The normalized spacial score (nSPS) is 13.9. The zero-order valence-electron chi connectivity index (χ0n) is 7.68. The number of nitrogens with two attached hydrogens (primary N) is 1. The lowest BCUT2D eigenvalue weighted by Gasteiger charge is -2.13. The number of carbonyl (C=O) groups excluding carboxylic acids is 1. The van der Waals surface area contributed by atoms with E-state index in [-0.39, 0.29) is 18.4 Å². The van der Waals surface area contributed by atoms with E-state index in [0.717, 1.165) is 21.7 Å². The number of likely N-dealkylation sites (N-methyl/N-ethyl adjacent to an activating group) is 1. The Bertz CT molecular complexity index is 132. The number of rotatable bonds is 7. The van der Waals surface area contributed by atoms with Crippen LogP contribution in [-0.4, -0.2) is 38.6 Å². The van der Waals surface area contributed by atoms with E-state index in [1.54, 1.807) is 7.05 Å². The maximum absolute atomic E-state index is 11.1. The van der Waals surface area contributed by atoms with Gasteiger partial charge in [-0.1, -0.05) is 8.73 Å². The smallest absolute Gasteiger partial charge is 0.163 e. The first-order valence-corrected chi connectivity index (χ1v) is 5.56. The Morgan fingerprint density at radius 1 is 1.67 bits per heavy atom. The monoisotopic (exact) mass is 191 g/mol. The summed E-state index contributed by atoms with van der Waals surface area (Å²) in [4.78, 5) is 11.1. The van der Waals surface area contributed by atoms with Gasteiger partial charge in [0.2, 0.25) is 0 Å². The molecule has 0 heterocycles. The molecule has 0 fully saturated rings. The summed E-state index contributed by atoms with van der Waals surface area (Å²) in [6.45, 7) is 3.06. The fraction of sp³-hybridized carbons (Fsp3) is 0.857. The lowest BCUT2D eigenvalue weighted by molar-refractivity contribution is -0.119. The number of ketones is 1. The molecule has 0 spiro atoms. The molecule has 0 radical (unpaired) electrons. The van der Waals surface area contributed by atoms with Gasteiger partial charge in [0.05, 0.1) is 12.6 Å². The first-order chi connectivity index (χ1) is 5.76. The van der Waals surface area contributed by atoms with E-state index >= 15 is 0 Å². The summed E-state index contributed by atoms with van der Waals surface area (Å²) >= 11 is 0. The van der Waals surface area contributed by atoms with Gasteiger partial charge in [0, 0.05) is 6.54 Å². The number of carbonyl (C=O) groups is 1. The summed E-state index contributed by atoms with van der Waals surface area (Å²) in [6, 6.07) is -0.0844. The van der Waals surface area contributed by atoms with Crippen molar-refractivity contribution < 1.29 is 4.79 Å². The molecule has 5 heteroatoms. The molecular formula is C7H18N3OP. The van der Waals surface area contributed by atoms with E-state index < -0.39 is 0 Å². The van der Waals surface area contributed by atoms with Gasteiger partial charge in [-0.25, -0.2) is 0 Å². The van der Waals surface area contributed by atoms with Gasteiger partial charge in [-0.3, -0.25) is 9.88 Å². The molecule has 0 aliphatic carbocycles. The van der Waals surface area contributed by atoms with Crippen molar-refractivity contribution in [1.82, 2.24) is 10.4 Å². The molecule has 2 unspecified atom stereocenters. The minimum Gasteiger partial charge on any atom is -0.324 e. The molecule has 0 aromatic heterocycles.